The number of carbonyl (C=O) groups is 2. The van der Waals surface area contributed by atoms with E-state index in [1.54, 1.807) is 30.3 Å². The van der Waals surface area contributed by atoms with Crippen molar-refractivity contribution in [3.05, 3.63) is 83.4 Å². The van der Waals surface area contributed by atoms with Crippen molar-refractivity contribution in [2.75, 3.05) is 7.11 Å². The summed E-state index contributed by atoms with van der Waals surface area (Å²) in [5.74, 6) is -0.194. The molecule has 0 aliphatic carbocycles. The quantitative estimate of drug-likeness (QED) is 0.597. The number of ketones is 1. The molecule has 5 heteroatoms. The fourth-order valence-electron chi connectivity index (χ4n) is 2.90. The molecular weight excluding hydrogens is 356 g/mol. The topological polar surface area (TPSA) is 72.8 Å². The van der Waals surface area contributed by atoms with E-state index in [9.17, 15) is 14.7 Å². The van der Waals surface area contributed by atoms with Crippen LogP contribution in [0.5, 0.6) is 11.5 Å². The van der Waals surface area contributed by atoms with E-state index in [0.717, 1.165) is 5.56 Å². The highest BCUT2D eigenvalue weighted by molar-refractivity contribution is 6.02. The molecule has 28 heavy (non-hydrogen) atoms. The zero-order chi connectivity index (χ0) is 20.1. The lowest BCUT2D eigenvalue weighted by atomic mass is 9.95. The molecule has 142 valence electrons. The Morgan fingerprint density at radius 3 is 2.29 bits per heavy atom. The van der Waals surface area contributed by atoms with Crippen LogP contribution in [0.25, 0.3) is 11.1 Å². The third-order valence-electron chi connectivity index (χ3n) is 4.37. The van der Waals surface area contributed by atoms with Gasteiger partial charge in [0.1, 0.15) is 18.1 Å². The summed E-state index contributed by atoms with van der Waals surface area (Å²) in [6.07, 6.45) is 0. The first-order valence-corrected chi connectivity index (χ1v) is 8.73. The Morgan fingerprint density at radius 1 is 0.929 bits per heavy atom. The van der Waals surface area contributed by atoms with Crippen molar-refractivity contribution in [3.63, 3.8) is 0 Å². The van der Waals surface area contributed by atoms with Crippen molar-refractivity contribution in [1.82, 2.24) is 0 Å². The summed E-state index contributed by atoms with van der Waals surface area (Å²) in [6, 6.07) is 19.7. The maximum absolute atomic E-state index is 11.7. The predicted octanol–water partition coefficient (Wildman–Crippen LogP) is 4.84. The average Bonchev–Trinajstić information content (AvgIpc) is 2.72. The van der Waals surface area contributed by atoms with Gasteiger partial charge < -0.3 is 14.6 Å². The molecule has 5 nitrogen and oxygen atoms in total. The number of rotatable bonds is 7. The molecule has 0 saturated heterocycles. The minimum Gasteiger partial charge on any atom is -0.496 e. The standard InChI is InChI=1S/C23H20O5/c1-15(24)17-8-10-19(21(12-17)23(25)26)20-11-9-18(13-22(20)27-2)28-14-16-6-4-3-5-7-16/h3-13H,14H2,1-2H3,(H,25,26). The Balaban J connectivity index is 1.94. The van der Waals surface area contributed by atoms with Crippen molar-refractivity contribution < 1.29 is 24.2 Å². The highest BCUT2D eigenvalue weighted by Gasteiger charge is 2.17. The summed E-state index contributed by atoms with van der Waals surface area (Å²) in [7, 11) is 1.52. The van der Waals surface area contributed by atoms with E-state index < -0.39 is 5.97 Å². The number of carboxylic acid groups (broad SMARTS) is 1. The molecule has 3 rings (SSSR count). The van der Waals surface area contributed by atoms with Crippen molar-refractivity contribution in [2.24, 2.45) is 0 Å². The molecule has 1 N–H and O–H groups in total. The second kappa shape index (κ2) is 8.39. The van der Waals surface area contributed by atoms with Crippen LogP contribution in [-0.4, -0.2) is 24.0 Å². The van der Waals surface area contributed by atoms with Gasteiger partial charge in [0.25, 0.3) is 0 Å². The van der Waals surface area contributed by atoms with Gasteiger partial charge in [0, 0.05) is 17.2 Å². The zero-order valence-corrected chi connectivity index (χ0v) is 15.6. The summed E-state index contributed by atoms with van der Waals surface area (Å²) in [5, 5.41) is 9.58. The normalized spacial score (nSPS) is 10.4. The van der Waals surface area contributed by atoms with E-state index in [1.807, 2.05) is 30.3 Å². The summed E-state index contributed by atoms with van der Waals surface area (Å²) in [4.78, 5) is 23.3. The Kier molecular flexibility index (Phi) is 5.75. The van der Waals surface area contributed by atoms with E-state index >= 15 is 0 Å². The largest absolute Gasteiger partial charge is 0.496 e. The number of carbonyl (C=O) groups excluding carboxylic acids is 1. The number of ether oxygens (including phenoxy) is 2. The van der Waals surface area contributed by atoms with E-state index in [-0.39, 0.29) is 11.3 Å². The number of hydrogen-bond donors (Lipinski definition) is 1. The Hall–Kier alpha value is -3.60. The van der Waals surface area contributed by atoms with Gasteiger partial charge in [0.05, 0.1) is 12.7 Å². The molecule has 0 spiro atoms. The maximum Gasteiger partial charge on any atom is 0.336 e. The van der Waals surface area contributed by atoms with Crippen molar-refractivity contribution >= 4 is 11.8 Å². The minimum atomic E-state index is -1.11. The van der Waals surface area contributed by atoms with Gasteiger partial charge in [-0.05, 0) is 36.2 Å². The van der Waals surface area contributed by atoms with Crippen molar-refractivity contribution in [2.45, 2.75) is 13.5 Å². The first-order chi connectivity index (χ1) is 13.5. The monoisotopic (exact) mass is 376 g/mol. The molecule has 0 amide bonds. The van der Waals surface area contributed by atoms with Crippen LogP contribution in [0.3, 0.4) is 0 Å². The van der Waals surface area contributed by atoms with Gasteiger partial charge in [-0.2, -0.15) is 0 Å². The van der Waals surface area contributed by atoms with Gasteiger partial charge in [-0.25, -0.2) is 4.79 Å². The third-order valence-corrected chi connectivity index (χ3v) is 4.37. The number of carboxylic acids is 1. The van der Waals surface area contributed by atoms with E-state index in [0.29, 0.717) is 34.8 Å². The van der Waals surface area contributed by atoms with E-state index in [4.69, 9.17) is 9.47 Å². The first kappa shape index (κ1) is 19.2. The average molecular weight is 376 g/mol. The molecule has 0 aliphatic heterocycles. The van der Waals surface area contributed by atoms with Crippen LogP contribution >= 0.6 is 0 Å². The van der Waals surface area contributed by atoms with Gasteiger partial charge in [-0.1, -0.05) is 42.5 Å². The second-order valence-corrected chi connectivity index (χ2v) is 6.26. The number of methoxy groups -OCH3 is 1. The minimum absolute atomic E-state index is 0.0453. The van der Waals surface area contributed by atoms with Crippen LogP contribution < -0.4 is 9.47 Å². The van der Waals surface area contributed by atoms with Gasteiger partial charge in [0.15, 0.2) is 5.78 Å². The Bertz CT molecular complexity index is 1010. The predicted molar refractivity (Wildman–Crippen MR) is 106 cm³/mol. The van der Waals surface area contributed by atoms with Crippen LogP contribution in [0.4, 0.5) is 0 Å². The summed E-state index contributed by atoms with van der Waals surface area (Å²) in [5.41, 5.74) is 2.52. The SMILES string of the molecule is COc1cc(OCc2ccccc2)ccc1-c1ccc(C(C)=O)cc1C(=O)O. The van der Waals surface area contributed by atoms with Crippen molar-refractivity contribution in [1.29, 1.82) is 0 Å². The molecule has 0 aromatic heterocycles. The first-order valence-electron chi connectivity index (χ1n) is 8.73. The summed E-state index contributed by atoms with van der Waals surface area (Å²) >= 11 is 0. The molecule has 0 atom stereocenters. The lowest BCUT2D eigenvalue weighted by Gasteiger charge is -2.14. The fourth-order valence-corrected chi connectivity index (χ4v) is 2.90. The molecule has 0 heterocycles. The Labute approximate surface area is 163 Å². The lowest BCUT2D eigenvalue weighted by Crippen LogP contribution is -2.04. The second-order valence-electron chi connectivity index (χ2n) is 6.26. The number of benzene rings is 3. The molecule has 0 fully saturated rings. The van der Waals surface area contributed by atoms with E-state index in [2.05, 4.69) is 0 Å². The molecule has 0 unspecified atom stereocenters. The van der Waals surface area contributed by atoms with Crippen LogP contribution in [0, 0.1) is 0 Å². The van der Waals surface area contributed by atoms with Crippen LogP contribution in [-0.2, 0) is 6.61 Å². The highest BCUT2D eigenvalue weighted by Crippen LogP contribution is 2.36. The number of Topliss-reactive ketones (excluding diaryl/α,β-unsaturated/α-hetero) is 1. The van der Waals surface area contributed by atoms with Gasteiger partial charge in [-0.3, -0.25) is 4.79 Å². The van der Waals surface area contributed by atoms with Crippen LogP contribution in [0.2, 0.25) is 0 Å². The van der Waals surface area contributed by atoms with Gasteiger partial charge in [0.2, 0.25) is 0 Å². The zero-order valence-electron chi connectivity index (χ0n) is 15.6. The lowest BCUT2D eigenvalue weighted by molar-refractivity contribution is 0.0697. The molecule has 0 saturated carbocycles. The van der Waals surface area contributed by atoms with Gasteiger partial charge in [-0.15, -0.1) is 0 Å². The summed E-state index contributed by atoms with van der Waals surface area (Å²) in [6.45, 7) is 1.82. The van der Waals surface area contributed by atoms with Crippen molar-refractivity contribution in [3.8, 4) is 22.6 Å². The molecule has 0 radical (unpaired) electrons. The number of aromatic carboxylic acids is 1. The van der Waals surface area contributed by atoms with Crippen LogP contribution in [0.1, 0.15) is 33.2 Å². The Morgan fingerprint density at radius 2 is 1.64 bits per heavy atom. The highest BCUT2D eigenvalue weighted by atomic mass is 16.5. The van der Waals surface area contributed by atoms with E-state index in [1.165, 1.54) is 20.1 Å². The molecular formula is C23H20O5. The third kappa shape index (κ3) is 4.20. The number of hydrogen-bond acceptors (Lipinski definition) is 4. The van der Waals surface area contributed by atoms with Gasteiger partial charge >= 0.3 is 5.97 Å². The van der Waals surface area contributed by atoms with Crippen LogP contribution in [0.15, 0.2) is 66.7 Å². The fraction of sp³-hybridized carbons (Fsp3) is 0.130. The molecule has 0 aliphatic rings. The maximum atomic E-state index is 11.7. The summed E-state index contributed by atoms with van der Waals surface area (Å²) < 4.78 is 11.3. The molecule has 3 aromatic rings. The molecule has 0 bridgehead atoms. The smallest absolute Gasteiger partial charge is 0.336 e. The molecule has 3 aromatic carbocycles.